The monoisotopic (exact) mass is 515 g/mol. The Labute approximate surface area is 188 Å². The molecule has 0 saturated heterocycles. The molecule has 152 valence electrons. The minimum Gasteiger partial charge on any atom is -0.356 e. The van der Waals surface area contributed by atoms with Crippen molar-refractivity contribution in [3.8, 4) is 0 Å². The summed E-state index contributed by atoms with van der Waals surface area (Å²) >= 11 is 5.79. The molecule has 0 spiro atoms. The van der Waals surface area contributed by atoms with Crippen LogP contribution in [-0.4, -0.2) is 30.4 Å². The highest BCUT2D eigenvalue weighted by molar-refractivity contribution is 14.0. The lowest BCUT2D eigenvalue weighted by molar-refractivity contribution is -0.118. The molecule has 0 bridgehead atoms. The smallest absolute Gasteiger partial charge is 0.226 e. The lowest BCUT2D eigenvalue weighted by Crippen LogP contribution is -2.37. The van der Waals surface area contributed by atoms with Crippen LogP contribution >= 0.6 is 35.6 Å². The van der Waals surface area contributed by atoms with Crippen molar-refractivity contribution in [1.29, 1.82) is 0 Å². The number of aliphatic imine (C=N–C) groups is 1. The molecule has 8 heteroatoms. The van der Waals surface area contributed by atoms with E-state index in [1.54, 1.807) is 19.3 Å². The Balaban J connectivity index is 0.00000392. The Bertz CT molecular complexity index is 763. The van der Waals surface area contributed by atoms with Gasteiger partial charge in [0, 0.05) is 37.9 Å². The van der Waals surface area contributed by atoms with Crippen LogP contribution < -0.4 is 16.0 Å². The molecule has 0 fully saturated rings. The van der Waals surface area contributed by atoms with Crippen LogP contribution in [0.15, 0.2) is 47.6 Å². The van der Waals surface area contributed by atoms with E-state index < -0.39 is 0 Å². The second-order valence-corrected chi connectivity index (χ2v) is 6.82. The number of aromatic nitrogens is 1. The summed E-state index contributed by atoms with van der Waals surface area (Å²) in [4.78, 5) is 20.0. The lowest BCUT2D eigenvalue weighted by Gasteiger charge is -2.13. The van der Waals surface area contributed by atoms with E-state index in [4.69, 9.17) is 11.6 Å². The van der Waals surface area contributed by atoms with E-state index in [9.17, 15) is 4.79 Å². The quantitative estimate of drug-likeness (QED) is 0.227. The predicted octanol–water partition coefficient (Wildman–Crippen LogP) is 3.86. The zero-order valence-corrected chi connectivity index (χ0v) is 19.4. The number of halogens is 2. The molecule has 2 rings (SSSR count). The summed E-state index contributed by atoms with van der Waals surface area (Å²) < 4.78 is 0. The maximum Gasteiger partial charge on any atom is 0.226 e. The van der Waals surface area contributed by atoms with Gasteiger partial charge in [0.25, 0.3) is 0 Å². The fraction of sp³-hybridized carbons (Fsp3) is 0.350. The van der Waals surface area contributed by atoms with Gasteiger partial charge in [-0.3, -0.25) is 9.79 Å². The number of anilines is 1. The first kappa shape index (κ1) is 24.2. The molecule has 0 unspecified atom stereocenters. The molecule has 1 aromatic carbocycles. The second kappa shape index (κ2) is 12.6. The summed E-state index contributed by atoms with van der Waals surface area (Å²) in [6, 6.07) is 11.5. The number of pyridine rings is 1. The maximum absolute atomic E-state index is 11.7. The molecule has 0 aliphatic rings. The predicted molar refractivity (Wildman–Crippen MR) is 126 cm³/mol. The Kier molecular flexibility index (Phi) is 10.8. The van der Waals surface area contributed by atoms with Crippen LogP contribution in [0.4, 0.5) is 5.69 Å². The van der Waals surface area contributed by atoms with Crippen LogP contribution in [0, 0.1) is 5.92 Å². The summed E-state index contributed by atoms with van der Waals surface area (Å²) in [5, 5.41) is 9.93. The van der Waals surface area contributed by atoms with Crippen LogP contribution in [-0.2, 0) is 17.8 Å². The minimum absolute atomic E-state index is 0. The molecule has 0 aliphatic carbocycles. The highest BCUT2D eigenvalue weighted by atomic mass is 127. The van der Waals surface area contributed by atoms with E-state index >= 15 is 0 Å². The average Bonchev–Trinajstić information content (AvgIpc) is 2.67. The number of benzene rings is 1. The van der Waals surface area contributed by atoms with Gasteiger partial charge >= 0.3 is 0 Å². The third kappa shape index (κ3) is 8.43. The van der Waals surface area contributed by atoms with Crippen LogP contribution in [0.1, 0.15) is 25.0 Å². The zero-order valence-electron chi connectivity index (χ0n) is 16.3. The molecular formula is C20H27ClIN5O. The van der Waals surface area contributed by atoms with Gasteiger partial charge in [0.1, 0.15) is 5.15 Å². The van der Waals surface area contributed by atoms with Gasteiger partial charge in [-0.1, -0.05) is 43.6 Å². The number of rotatable bonds is 7. The molecule has 0 atom stereocenters. The topological polar surface area (TPSA) is 78.4 Å². The van der Waals surface area contributed by atoms with Crippen molar-refractivity contribution in [2.45, 2.75) is 26.8 Å². The van der Waals surface area contributed by atoms with E-state index in [1.807, 2.05) is 44.2 Å². The van der Waals surface area contributed by atoms with Crippen molar-refractivity contribution >= 4 is 53.1 Å². The Morgan fingerprint density at radius 1 is 1.11 bits per heavy atom. The average molecular weight is 516 g/mol. The number of carbonyl (C=O) groups excluding carboxylic acids is 1. The fourth-order valence-electron chi connectivity index (χ4n) is 2.28. The molecule has 1 aromatic heterocycles. The van der Waals surface area contributed by atoms with Crippen LogP contribution in [0.5, 0.6) is 0 Å². The number of hydrogen-bond acceptors (Lipinski definition) is 3. The first-order chi connectivity index (χ1) is 13.0. The third-order valence-electron chi connectivity index (χ3n) is 3.92. The Hall–Kier alpha value is -1.87. The van der Waals surface area contributed by atoms with Crippen molar-refractivity contribution in [2.24, 2.45) is 10.9 Å². The molecule has 0 aliphatic heterocycles. The van der Waals surface area contributed by atoms with E-state index in [1.165, 1.54) is 0 Å². The van der Waals surface area contributed by atoms with Crippen LogP contribution in [0.25, 0.3) is 0 Å². The largest absolute Gasteiger partial charge is 0.356 e. The molecular weight excluding hydrogens is 489 g/mol. The zero-order chi connectivity index (χ0) is 19.6. The standard InChI is InChI=1S/C20H26ClN5O.HI/c1-14(2)19(27)26-17-7-4-15(5-8-17)13-25-20(22-3)23-11-10-16-6-9-18(21)24-12-16;/h4-9,12,14H,10-11,13H2,1-3H3,(H,26,27)(H2,22,23,25);1H. The highest BCUT2D eigenvalue weighted by Crippen LogP contribution is 2.11. The van der Waals surface area contributed by atoms with E-state index in [0.717, 1.165) is 35.7 Å². The van der Waals surface area contributed by atoms with Crippen LogP contribution in [0.2, 0.25) is 5.15 Å². The normalized spacial score (nSPS) is 11.0. The van der Waals surface area contributed by atoms with Crippen molar-refractivity contribution in [3.63, 3.8) is 0 Å². The van der Waals surface area contributed by atoms with Crippen LogP contribution in [0.3, 0.4) is 0 Å². The van der Waals surface area contributed by atoms with Gasteiger partial charge in [-0.2, -0.15) is 0 Å². The molecule has 2 aromatic rings. The van der Waals surface area contributed by atoms with Crippen molar-refractivity contribution in [2.75, 3.05) is 18.9 Å². The fourth-order valence-corrected chi connectivity index (χ4v) is 2.39. The molecule has 1 amide bonds. The SMILES string of the molecule is CN=C(NCCc1ccc(Cl)nc1)NCc1ccc(NC(=O)C(C)C)cc1.I. The first-order valence-corrected chi connectivity index (χ1v) is 9.30. The second-order valence-electron chi connectivity index (χ2n) is 6.43. The molecule has 1 heterocycles. The van der Waals surface area contributed by atoms with Gasteiger partial charge in [-0.15, -0.1) is 24.0 Å². The molecule has 0 saturated carbocycles. The number of nitrogens with zero attached hydrogens (tertiary/aromatic N) is 2. The summed E-state index contributed by atoms with van der Waals surface area (Å²) in [5.41, 5.74) is 3.01. The van der Waals surface area contributed by atoms with Gasteiger partial charge in [0.2, 0.25) is 5.91 Å². The maximum atomic E-state index is 11.7. The summed E-state index contributed by atoms with van der Waals surface area (Å²) in [5.74, 6) is 0.708. The van der Waals surface area contributed by atoms with Gasteiger partial charge in [-0.25, -0.2) is 4.98 Å². The molecule has 3 N–H and O–H groups in total. The number of hydrogen-bond donors (Lipinski definition) is 3. The van der Waals surface area contributed by atoms with E-state index in [-0.39, 0.29) is 35.8 Å². The van der Waals surface area contributed by atoms with Gasteiger partial charge < -0.3 is 16.0 Å². The number of guanidine groups is 1. The summed E-state index contributed by atoms with van der Waals surface area (Å²) in [6.07, 6.45) is 2.61. The number of carbonyl (C=O) groups is 1. The van der Waals surface area contributed by atoms with E-state index in [0.29, 0.717) is 11.7 Å². The highest BCUT2D eigenvalue weighted by Gasteiger charge is 2.06. The summed E-state index contributed by atoms with van der Waals surface area (Å²) in [7, 11) is 1.74. The first-order valence-electron chi connectivity index (χ1n) is 8.92. The Morgan fingerprint density at radius 2 is 1.79 bits per heavy atom. The summed E-state index contributed by atoms with van der Waals surface area (Å²) in [6.45, 7) is 5.12. The van der Waals surface area contributed by atoms with Crippen molar-refractivity contribution < 1.29 is 4.79 Å². The minimum atomic E-state index is -0.0376. The lowest BCUT2D eigenvalue weighted by atomic mass is 10.1. The van der Waals surface area contributed by atoms with E-state index in [2.05, 4.69) is 25.9 Å². The van der Waals surface area contributed by atoms with Gasteiger partial charge in [-0.05, 0) is 35.7 Å². The number of amides is 1. The molecule has 6 nitrogen and oxygen atoms in total. The molecule has 28 heavy (non-hydrogen) atoms. The number of nitrogens with one attached hydrogen (secondary N) is 3. The van der Waals surface area contributed by atoms with Crippen molar-refractivity contribution in [1.82, 2.24) is 15.6 Å². The van der Waals surface area contributed by atoms with Gasteiger partial charge in [0.15, 0.2) is 5.96 Å². The van der Waals surface area contributed by atoms with Crippen molar-refractivity contribution in [3.05, 3.63) is 58.9 Å². The Morgan fingerprint density at radius 3 is 2.36 bits per heavy atom. The molecule has 0 radical (unpaired) electrons. The van der Waals surface area contributed by atoms with Gasteiger partial charge in [0.05, 0.1) is 0 Å². The third-order valence-corrected chi connectivity index (χ3v) is 4.15.